The SMILES string of the molecule is CC(C)c1ccc2c(c1)CCC1C(C)(CNC(=O)COC(=O)c3cccc(N)c3)CCCC21C. The molecule has 3 N–H and O–H groups in total. The van der Waals surface area contributed by atoms with Crippen LogP contribution in [-0.2, 0) is 21.4 Å². The molecule has 0 aromatic heterocycles. The van der Waals surface area contributed by atoms with Crippen molar-refractivity contribution in [1.29, 1.82) is 0 Å². The summed E-state index contributed by atoms with van der Waals surface area (Å²) in [6, 6.07) is 13.7. The molecule has 3 unspecified atom stereocenters. The van der Waals surface area contributed by atoms with Crippen LogP contribution >= 0.6 is 0 Å². The Kier molecular flexibility index (Phi) is 6.75. The average Bonchev–Trinajstić information content (AvgIpc) is 2.80. The molecule has 2 aliphatic rings. The molecule has 0 bridgehead atoms. The van der Waals surface area contributed by atoms with Crippen molar-refractivity contribution in [2.75, 3.05) is 18.9 Å². The number of esters is 1. The van der Waals surface area contributed by atoms with E-state index in [4.69, 9.17) is 10.5 Å². The average molecular weight is 463 g/mol. The third-order valence-electron chi connectivity index (χ3n) is 8.31. The van der Waals surface area contributed by atoms with Gasteiger partial charge in [0.2, 0.25) is 0 Å². The van der Waals surface area contributed by atoms with E-state index in [1.807, 2.05) is 0 Å². The van der Waals surface area contributed by atoms with Crippen molar-refractivity contribution in [3.05, 3.63) is 64.7 Å². The number of amides is 1. The quantitative estimate of drug-likeness (QED) is 0.446. The molecule has 5 heteroatoms. The minimum absolute atomic E-state index is 0.00889. The van der Waals surface area contributed by atoms with Crippen molar-refractivity contribution in [3.8, 4) is 0 Å². The molecule has 1 amide bonds. The predicted octanol–water partition coefficient (Wildman–Crippen LogP) is 5.38. The first kappa shape index (κ1) is 24.3. The highest BCUT2D eigenvalue weighted by Crippen LogP contribution is 2.57. The van der Waals surface area contributed by atoms with Crippen molar-refractivity contribution in [3.63, 3.8) is 0 Å². The third kappa shape index (κ3) is 4.70. The van der Waals surface area contributed by atoms with Gasteiger partial charge < -0.3 is 15.8 Å². The van der Waals surface area contributed by atoms with Crippen molar-refractivity contribution in [1.82, 2.24) is 5.32 Å². The van der Waals surface area contributed by atoms with Crippen LogP contribution in [0.3, 0.4) is 0 Å². The fraction of sp³-hybridized carbons (Fsp3) is 0.517. The van der Waals surface area contributed by atoms with E-state index < -0.39 is 5.97 Å². The van der Waals surface area contributed by atoms with Gasteiger partial charge >= 0.3 is 5.97 Å². The summed E-state index contributed by atoms with van der Waals surface area (Å²) < 4.78 is 5.21. The van der Waals surface area contributed by atoms with Crippen LogP contribution in [0.25, 0.3) is 0 Å². The van der Waals surface area contributed by atoms with Crippen LogP contribution < -0.4 is 11.1 Å². The second-order valence-electron chi connectivity index (χ2n) is 11.1. The highest BCUT2D eigenvalue weighted by atomic mass is 16.5. The summed E-state index contributed by atoms with van der Waals surface area (Å²) >= 11 is 0. The van der Waals surface area contributed by atoms with E-state index in [2.05, 4.69) is 51.2 Å². The first-order valence-corrected chi connectivity index (χ1v) is 12.5. The van der Waals surface area contributed by atoms with Crippen LogP contribution in [0.15, 0.2) is 42.5 Å². The molecular weight excluding hydrogens is 424 g/mol. The van der Waals surface area contributed by atoms with Gasteiger partial charge in [-0.3, -0.25) is 4.79 Å². The fourth-order valence-corrected chi connectivity index (χ4v) is 6.45. The van der Waals surface area contributed by atoms with Crippen LogP contribution in [0.5, 0.6) is 0 Å². The van der Waals surface area contributed by atoms with Crippen LogP contribution in [0, 0.1) is 11.3 Å². The number of ether oxygens (including phenoxy) is 1. The first-order valence-electron chi connectivity index (χ1n) is 12.5. The molecule has 2 aromatic carbocycles. The van der Waals surface area contributed by atoms with Crippen molar-refractivity contribution in [2.24, 2.45) is 11.3 Å². The summed E-state index contributed by atoms with van der Waals surface area (Å²) in [6.07, 6.45) is 5.66. The number of nitrogen functional groups attached to an aromatic ring is 1. The number of carbonyl (C=O) groups excluding carboxylic acids is 2. The molecule has 2 aliphatic carbocycles. The summed E-state index contributed by atoms with van der Waals surface area (Å²) in [5.41, 5.74) is 11.1. The van der Waals surface area contributed by atoms with Gasteiger partial charge in [-0.1, -0.05) is 58.4 Å². The fourth-order valence-electron chi connectivity index (χ4n) is 6.45. The zero-order valence-electron chi connectivity index (χ0n) is 20.9. The molecule has 5 nitrogen and oxygen atoms in total. The van der Waals surface area contributed by atoms with E-state index in [1.165, 1.54) is 23.1 Å². The van der Waals surface area contributed by atoms with Gasteiger partial charge in [-0.05, 0) is 83.2 Å². The molecule has 0 heterocycles. The number of carbonyl (C=O) groups is 2. The number of rotatable bonds is 6. The lowest BCUT2D eigenvalue weighted by atomic mass is 9.49. The maximum Gasteiger partial charge on any atom is 0.338 e. The van der Waals surface area contributed by atoms with E-state index >= 15 is 0 Å². The highest BCUT2D eigenvalue weighted by Gasteiger charge is 2.51. The van der Waals surface area contributed by atoms with E-state index in [9.17, 15) is 9.59 Å². The van der Waals surface area contributed by atoms with Crippen LogP contribution in [0.2, 0.25) is 0 Å². The topological polar surface area (TPSA) is 81.4 Å². The number of nitrogens with one attached hydrogen (secondary N) is 1. The van der Waals surface area contributed by atoms with Gasteiger partial charge in [-0.25, -0.2) is 4.79 Å². The van der Waals surface area contributed by atoms with Gasteiger partial charge in [0.1, 0.15) is 0 Å². The Morgan fingerprint density at radius 1 is 1.15 bits per heavy atom. The minimum atomic E-state index is -0.538. The summed E-state index contributed by atoms with van der Waals surface area (Å²) in [5.74, 6) is 0.240. The monoisotopic (exact) mass is 462 g/mol. The Morgan fingerprint density at radius 2 is 1.94 bits per heavy atom. The second-order valence-corrected chi connectivity index (χ2v) is 11.1. The third-order valence-corrected chi connectivity index (χ3v) is 8.31. The Labute approximate surface area is 203 Å². The second kappa shape index (κ2) is 9.44. The number of fused-ring (bicyclic) bond motifs is 3. The Bertz CT molecular complexity index is 1080. The van der Waals surface area contributed by atoms with Gasteiger partial charge in [0.25, 0.3) is 5.91 Å². The number of aryl methyl sites for hydroxylation is 1. The lowest BCUT2D eigenvalue weighted by Gasteiger charge is -2.55. The summed E-state index contributed by atoms with van der Waals surface area (Å²) in [5, 5.41) is 3.07. The van der Waals surface area contributed by atoms with Gasteiger partial charge in [0.05, 0.1) is 5.56 Å². The van der Waals surface area contributed by atoms with E-state index in [1.54, 1.807) is 24.3 Å². The van der Waals surface area contributed by atoms with Gasteiger partial charge in [0.15, 0.2) is 6.61 Å². The number of benzene rings is 2. The van der Waals surface area contributed by atoms with E-state index in [-0.39, 0.29) is 23.3 Å². The highest BCUT2D eigenvalue weighted by molar-refractivity contribution is 5.92. The molecule has 0 saturated heterocycles. The number of anilines is 1. The predicted molar refractivity (Wildman–Crippen MR) is 136 cm³/mol. The van der Waals surface area contributed by atoms with Gasteiger partial charge in [0, 0.05) is 12.2 Å². The van der Waals surface area contributed by atoms with Crippen molar-refractivity contribution >= 4 is 17.6 Å². The van der Waals surface area contributed by atoms with Crippen LogP contribution in [0.1, 0.15) is 86.3 Å². The Balaban J connectivity index is 1.40. The summed E-state index contributed by atoms with van der Waals surface area (Å²) in [7, 11) is 0. The molecule has 34 heavy (non-hydrogen) atoms. The summed E-state index contributed by atoms with van der Waals surface area (Å²) in [4.78, 5) is 24.8. The van der Waals surface area contributed by atoms with E-state index in [0.29, 0.717) is 29.6 Å². The van der Waals surface area contributed by atoms with Gasteiger partial charge in [-0.2, -0.15) is 0 Å². The van der Waals surface area contributed by atoms with Crippen molar-refractivity contribution < 1.29 is 14.3 Å². The number of hydrogen-bond donors (Lipinski definition) is 2. The molecule has 0 radical (unpaired) electrons. The first-order chi connectivity index (χ1) is 16.1. The molecule has 3 atom stereocenters. The van der Waals surface area contributed by atoms with Gasteiger partial charge in [-0.15, -0.1) is 0 Å². The Hall–Kier alpha value is -2.82. The number of hydrogen-bond acceptors (Lipinski definition) is 4. The maximum absolute atomic E-state index is 12.6. The largest absolute Gasteiger partial charge is 0.452 e. The minimum Gasteiger partial charge on any atom is -0.452 e. The molecule has 0 spiro atoms. The van der Waals surface area contributed by atoms with Crippen molar-refractivity contribution in [2.45, 2.75) is 71.1 Å². The molecule has 1 saturated carbocycles. The molecule has 0 aliphatic heterocycles. The van der Waals surface area contributed by atoms with E-state index in [0.717, 1.165) is 25.7 Å². The molecule has 2 aromatic rings. The maximum atomic E-state index is 12.6. The standard InChI is InChI=1S/C29H38N2O3/c1-19(2)20-9-11-24-21(15-20)10-12-25-28(3,13-6-14-29(24,25)4)18-31-26(32)17-34-27(33)22-7-5-8-23(30)16-22/h5,7-9,11,15-16,19,25H,6,10,12-14,17-18,30H2,1-4H3,(H,31,32). The Morgan fingerprint density at radius 3 is 2.68 bits per heavy atom. The molecule has 4 rings (SSSR count). The number of nitrogens with two attached hydrogens (primary N) is 1. The normalized spacial score (nSPS) is 25.9. The lowest BCUT2D eigenvalue weighted by Crippen LogP contribution is -2.53. The molecule has 182 valence electrons. The van der Waals surface area contributed by atoms with Crippen LogP contribution in [-0.4, -0.2) is 25.0 Å². The smallest absolute Gasteiger partial charge is 0.338 e. The molecular formula is C29H38N2O3. The zero-order valence-corrected chi connectivity index (χ0v) is 20.9. The molecule has 1 fully saturated rings. The van der Waals surface area contributed by atoms with Crippen LogP contribution in [0.4, 0.5) is 5.69 Å². The zero-order chi connectivity index (χ0) is 24.5. The summed E-state index contributed by atoms with van der Waals surface area (Å²) in [6.45, 7) is 9.57. The lowest BCUT2D eigenvalue weighted by molar-refractivity contribution is -0.125.